The maximum atomic E-state index is 6.54. The first-order valence-corrected chi connectivity index (χ1v) is 12.5. The Morgan fingerprint density at radius 3 is 1.57 bits per heavy atom. The SMILES string of the molecule is C1COC2(CCC(C3CCCC4(C3)OCC(C3CCC5(C3)OCCO5)CO4)C2)OC1. The van der Waals surface area contributed by atoms with Crippen LogP contribution in [-0.4, -0.2) is 57.0 Å². The lowest BCUT2D eigenvalue weighted by Crippen LogP contribution is -2.49. The minimum absolute atomic E-state index is 0.282. The summed E-state index contributed by atoms with van der Waals surface area (Å²) in [4.78, 5) is 0. The van der Waals surface area contributed by atoms with Crippen molar-refractivity contribution in [2.45, 2.75) is 88.0 Å². The summed E-state index contributed by atoms with van der Waals surface area (Å²) in [6, 6.07) is 0. The van der Waals surface area contributed by atoms with Crippen molar-refractivity contribution in [1.82, 2.24) is 0 Å². The summed E-state index contributed by atoms with van der Waals surface area (Å²) in [6.45, 7) is 4.85. The maximum absolute atomic E-state index is 6.54. The highest BCUT2D eigenvalue weighted by atomic mass is 16.7. The molecule has 170 valence electrons. The Morgan fingerprint density at radius 2 is 0.933 bits per heavy atom. The number of hydrogen-bond acceptors (Lipinski definition) is 6. The molecular formula is C24H38O6. The molecule has 0 radical (unpaired) electrons. The summed E-state index contributed by atoms with van der Waals surface area (Å²) in [5, 5.41) is 0. The summed E-state index contributed by atoms with van der Waals surface area (Å²) >= 11 is 0. The molecule has 0 bridgehead atoms. The molecule has 6 rings (SSSR count). The Morgan fingerprint density at radius 1 is 0.433 bits per heavy atom. The normalized spacial score (nSPS) is 45.6. The van der Waals surface area contributed by atoms with Gasteiger partial charge in [-0.25, -0.2) is 0 Å². The van der Waals surface area contributed by atoms with E-state index >= 15 is 0 Å². The van der Waals surface area contributed by atoms with Gasteiger partial charge in [0.15, 0.2) is 17.4 Å². The molecule has 3 heterocycles. The van der Waals surface area contributed by atoms with Gasteiger partial charge < -0.3 is 28.4 Å². The Kier molecular flexibility index (Phi) is 5.41. The Balaban J connectivity index is 1.04. The van der Waals surface area contributed by atoms with Gasteiger partial charge in [-0.1, -0.05) is 0 Å². The van der Waals surface area contributed by atoms with E-state index in [4.69, 9.17) is 28.4 Å². The van der Waals surface area contributed by atoms with Crippen molar-refractivity contribution < 1.29 is 28.4 Å². The van der Waals surface area contributed by atoms with Crippen LogP contribution in [0.4, 0.5) is 0 Å². The van der Waals surface area contributed by atoms with Crippen LogP contribution in [0, 0.1) is 23.7 Å². The van der Waals surface area contributed by atoms with Crippen LogP contribution in [0.2, 0.25) is 0 Å². The van der Waals surface area contributed by atoms with E-state index in [0.29, 0.717) is 23.7 Å². The predicted octanol–water partition coefficient (Wildman–Crippen LogP) is 4.01. The van der Waals surface area contributed by atoms with Crippen molar-refractivity contribution >= 4 is 0 Å². The highest BCUT2D eigenvalue weighted by Crippen LogP contribution is 2.51. The first-order chi connectivity index (χ1) is 14.7. The van der Waals surface area contributed by atoms with E-state index in [1.54, 1.807) is 0 Å². The van der Waals surface area contributed by atoms with Crippen LogP contribution < -0.4 is 0 Å². The van der Waals surface area contributed by atoms with Gasteiger partial charge in [-0.05, 0) is 49.9 Å². The van der Waals surface area contributed by atoms with E-state index < -0.39 is 0 Å². The fourth-order valence-corrected chi connectivity index (χ4v) is 7.24. The average molecular weight is 423 g/mol. The van der Waals surface area contributed by atoms with Gasteiger partial charge in [-0.2, -0.15) is 0 Å². The highest BCUT2D eigenvalue weighted by molar-refractivity contribution is 4.95. The lowest BCUT2D eigenvalue weighted by Gasteiger charge is -2.47. The van der Waals surface area contributed by atoms with E-state index in [1.165, 1.54) is 19.3 Å². The van der Waals surface area contributed by atoms with Crippen LogP contribution in [0.1, 0.15) is 70.6 Å². The van der Waals surface area contributed by atoms with Crippen LogP contribution in [-0.2, 0) is 28.4 Å². The summed E-state index contributed by atoms with van der Waals surface area (Å²) < 4.78 is 37.1. The molecule has 3 aliphatic heterocycles. The van der Waals surface area contributed by atoms with E-state index in [-0.39, 0.29) is 17.4 Å². The molecule has 6 aliphatic rings. The molecule has 30 heavy (non-hydrogen) atoms. The second-order valence-corrected chi connectivity index (χ2v) is 10.7. The van der Waals surface area contributed by atoms with Gasteiger partial charge in [0.05, 0.1) is 39.6 Å². The molecule has 3 atom stereocenters. The summed E-state index contributed by atoms with van der Waals surface area (Å²) in [6.07, 6.45) is 12.1. The third kappa shape index (κ3) is 3.75. The molecule has 3 unspecified atom stereocenters. The lowest BCUT2D eigenvalue weighted by atomic mass is 9.75. The lowest BCUT2D eigenvalue weighted by molar-refractivity contribution is -0.308. The molecule has 0 aromatic rings. The molecule has 6 heteroatoms. The first-order valence-electron chi connectivity index (χ1n) is 12.5. The molecule has 0 aromatic carbocycles. The monoisotopic (exact) mass is 422 g/mol. The second-order valence-electron chi connectivity index (χ2n) is 10.7. The summed E-state index contributed by atoms with van der Waals surface area (Å²) in [7, 11) is 0. The topological polar surface area (TPSA) is 55.4 Å². The minimum atomic E-state index is -0.347. The van der Waals surface area contributed by atoms with Gasteiger partial charge in [0, 0.05) is 44.4 Å². The van der Waals surface area contributed by atoms with E-state index in [2.05, 4.69) is 0 Å². The zero-order valence-electron chi connectivity index (χ0n) is 18.3. The van der Waals surface area contributed by atoms with Crippen LogP contribution in [0.15, 0.2) is 0 Å². The van der Waals surface area contributed by atoms with Gasteiger partial charge >= 0.3 is 0 Å². The molecule has 0 N–H and O–H groups in total. The molecule has 6 fully saturated rings. The molecule has 3 saturated heterocycles. The standard InChI is InChI=1S/C24H38O6/c1-3-18(19-4-7-23(14-19)25-9-2-10-26-23)13-22(6-1)29-16-21(17-30-22)20-5-8-24(15-20)27-11-12-28-24/h18-21H,1-17H2. The van der Waals surface area contributed by atoms with Crippen molar-refractivity contribution in [3.8, 4) is 0 Å². The molecule has 6 nitrogen and oxygen atoms in total. The second kappa shape index (κ2) is 7.96. The van der Waals surface area contributed by atoms with Crippen LogP contribution in [0.3, 0.4) is 0 Å². The molecule has 0 amide bonds. The van der Waals surface area contributed by atoms with Gasteiger partial charge in [0.1, 0.15) is 0 Å². The maximum Gasteiger partial charge on any atom is 0.168 e. The van der Waals surface area contributed by atoms with E-state index in [9.17, 15) is 0 Å². The van der Waals surface area contributed by atoms with Gasteiger partial charge in [-0.3, -0.25) is 0 Å². The van der Waals surface area contributed by atoms with Gasteiger partial charge in [-0.15, -0.1) is 0 Å². The van der Waals surface area contributed by atoms with Crippen LogP contribution in [0.5, 0.6) is 0 Å². The molecule has 3 saturated carbocycles. The Labute approximate surface area is 180 Å². The Hall–Kier alpha value is -0.240. The minimum Gasteiger partial charge on any atom is -0.350 e. The molecule has 3 aliphatic carbocycles. The molecular weight excluding hydrogens is 384 g/mol. The zero-order chi connectivity index (χ0) is 20.1. The largest absolute Gasteiger partial charge is 0.350 e. The van der Waals surface area contributed by atoms with Crippen LogP contribution >= 0.6 is 0 Å². The molecule has 0 aromatic heterocycles. The van der Waals surface area contributed by atoms with Gasteiger partial charge in [0.2, 0.25) is 0 Å². The third-order valence-electron chi connectivity index (χ3n) is 8.93. The fraction of sp³-hybridized carbons (Fsp3) is 1.00. The fourth-order valence-electron chi connectivity index (χ4n) is 7.24. The smallest absolute Gasteiger partial charge is 0.168 e. The first kappa shape index (κ1) is 20.4. The number of rotatable bonds is 2. The number of ether oxygens (including phenoxy) is 6. The highest BCUT2D eigenvalue weighted by Gasteiger charge is 2.51. The zero-order valence-corrected chi connectivity index (χ0v) is 18.3. The van der Waals surface area contributed by atoms with Gasteiger partial charge in [0.25, 0.3) is 0 Å². The third-order valence-corrected chi connectivity index (χ3v) is 8.93. The van der Waals surface area contributed by atoms with Crippen molar-refractivity contribution in [3.63, 3.8) is 0 Å². The summed E-state index contributed by atoms with van der Waals surface area (Å²) in [5.41, 5.74) is 0. The van der Waals surface area contributed by atoms with Crippen molar-refractivity contribution in [1.29, 1.82) is 0 Å². The summed E-state index contributed by atoms with van der Waals surface area (Å²) in [5.74, 6) is 1.49. The molecule has 3 spiro atoms. The van der Waals surface area contributed by atoms with Crippen molar-refractivity contribution in [2.24, 2.45) is 23.7 Å². The van der Waals surface area contributed by atoms with Crippen molar-refractivity contribution in [3.05, 3.63) is 0 Å². The van der Waals surface area contributed by atoms with E-state index in [0.717, 1.165) is 91.0 Å². The quantitative estimate of drug-likeness (QED) is 0.670. The predicted molar refractivity (Wildman–Crippen MR) is 109 cm³/mol. The van der Waals surface area contributed by atoms with Crippen LogP contribution in [0.25, 0.3) is 0 Å². The number of hydrogen-bond donors (Lipinski definition) is 0. The van der Waals surface area contributed by atoms with E-state index in [1.807, 2.05) is 0 Å². The average Bonchev–Trinajstić information content (AvgIpc) is 3.52. The van der Waals surface area contributed by atoms with Crippen molar-refractivity contribution in [2.75, 3.05) is 39.6 Å². The Bertz CT molecular complexity index is 603.